The molecule has 0 radical (unpaired) electrons. The van der Waals surface area contributed by atoms with Crippen LogP contribution in [0.4, 0.5) is 10.1 Å². The van der Waals surface area contributed by atoms with Gasteiger partial charge in [-0.25, -0.2) is 4.39 Å². The van der Waals surface area contributed by atoms with Gasteiger partial charge in [-0.05, 0) is 60.5 Å². The maximum Gasteiger partial charge on any atom is 0.265 e. The van der Waals surface area contributed by atoms with Crippen LogP contribution in [0.2, 0.25) is 0 Å². The van der Waals surface area contributed by atoms with Crippen LogP contribution in [-0.4, -0.2) is 24.2 Å². The lowest BCUT2D eigenvalue weighted by atomic mass is 10.1. The monoisotopic (exact) mass is 432 g/mol. The van der Waals surface area contributed by atoms with Crippen LogP contribution < -0.4 is 15.0 Å². The van der Waals surface area contributed by atoms with Gasteiger partial charge in [0.15, 0.2) is 12.4 Å². The summed E-state index contributed by atoms with van der Waals surface area (Å²) in [6, 6.07) is 17.9. The summed E-state index contributed by atoms with van der Waals surface area (Å²) in [5.74, 6) is -0.413. The van der Waals surface area contributed by atoms with Crippen LogP contribution in [0, 0.1) is 5.82 Å². The minimum Gasteiger partial charge on any atom is -0.482 e. The van der Waals surface area contributed by atoms with E-state index in [1.165, 1.54) is 19.1 Å². The highest BCUT2D eigenvalue weighted by atomic mass is 19.1. The quantitative estimate of drug-likeness (QED) is 0.600. The Bertz CT molecular complexity index is 1190. The number of hydrogen-bond acceptors (Lipinski definition) is 4. The first-order valence-electron chi connectivity index (χ1n) is 10.1. The number of ether oxygens (including phenoxy) is 1. The topological polar surface area (TPSA) is 75.7 Å². The summed E-state index contributed by atoms with van der Waals surface area (Å²) in [7, 11) is 0. The van der Waals surface area contributed by atoms with Crippen molar-refractivity contribution in [1.29, 1.82) is 0 Å². The summed E-state index contributed by atoms with van der Waals surface area (Å²) >= 11 is 0. The van der Waals surface area contributed by atoms with Gasteiger partial charge in [-0.15, -0.1) is 0 Å². The fourth-order valence-corrected chi connectivity index (χ4v) is 3.47. The summed E-state index contributed by atoms with van der Waals surface area (Å²) in [6.07, 6.45) is 0. The molecular weight excluding hydrogens is 411 g/mol. The zero-order valence-electron chi connectivity index (χ0n) is 17.4. The number of nitrogens with one attached hydrogen (secondary N) is 1. The fraction of sp³-hybridized carbons (Fsp3) is 0.160. The molecule has 0 aromatic heterocycles. The number of nitrogens with zero attached hydrogens (tertiary/aromatic N) is 1. The molecule has 162 valence electrons. The van der Waals surface area contributed by atoms with E-state index in [0.717, 1.165) is 11.1 Å². The lowest BCUT2D eigenvalue weighted by Crippen LogP contribution is -2.38. The first-order chi connectivity index (χ1) is 15.4. The van der Waals surface area contributed by atoms with E-state index in [-0.39, 0.29) is 43.1 Å². The van der Waals surface area contributed by atoms with E-state index in [2.05, 4.69) is 5.32 Å². The molecule has 6 nitrogen and oxygen atoms in total. The van der Waals surface area contributed by atoms with Crippen LogP contribution in [0.1, 0.15) is 38.8 Å². The van der Waals surface area contributed by atoms with Gasteiger partial charge in [-0.3, -0.25) is 14.4 Å². The van der Waals surface area contributed by atoms with Crippen molar-refractivity contribution in [3.05, 3.63) is 94.8 Å². The average Bonchev–Trinajstić information content (AvgIpc) is 2.80. The molecule has 32 heavy (non-hydrogen) atoms. The standard InChI is InChI=1S/C25H21FN2O4/c1-16(29)19-7-10-23-22(12-19)28(24(30)15-32-23)14-18-3-2-4-20(11-18)25(31)27-13-17-5-8-21(26)9-6-17/h2-12H,13-15H2,1H3,(H,27,31). The van der Waals surface area contributed by atoms with Gasteiger partial charge in [0.2, 0.25) is 0 Å². The smallest absolute Gasteiger partial charge is 0.265 e. The highest BCUT2D eigenvalue weighted by Crippen LogP contribution is 2.34. The number of Topliss-reactive ketones (excluding diaryl/α,β-unsaturated/α-hetero) is 1. The van der Waals surface area contributed by atoms with Gasteiger partial charge in [0.05, 0.1) is 12.2 Å². The molecule has 0 saturated carbocycles. The van der Waals surface area contributed by atoms with Crippen molar-refractivity contribution in [3.63, 3.8) is 0 Å². The third-order valence-electron chi connectivity index (χ3n) is 5.20. The Hall–Kier alpha value is -4.00. The molecule has 3 aromatic carbocycles. The number of ketones is 1. The van der Waals surface area contributed by atoms with Gasteiger partial charge >= 0.3 is 0 Å². The minimum absolute atomic E-state index is 0.0930. The van der Waals surface area contributed by atoms with Crippen LogP contribution >= 0.6 is 0 Å². The Morgan fingerprint density at radius 1 is 1.00 bits per heavy atom. The van der Waals surface area contributed by atoms with Crippen LogP contribution in [0.5, 0.6) is 5.75 Å². The number of anilines is 1. The van der Waals surface area contributed by atoms with E-state index >= 15 is 0 Å². The van der Waals surface area contributed by atoms with Crippen molar-refractivity contribution < 1.29 is 23.5 Å². The first kappa shape index (κ1) is 21.2. The molecule has 0 saturated heterocycles. The summed E-state index contributed by atoms with van der Waals surface area (Å²) in [6.45, 7) is 1.87. The highest BCUT2D eigenvalue weighted by molar-refractivity contribution is 6.01. The highest BCUT2D eigenvalue weighted by Gasteiger charge is 2.26. The molecule has 4 rings (SSSR count). The molecule has 0 spiro atoms. The lowest BCUT2D eigenvalue weighted by Gasteiger charge is -2.30. The molecule has 1 heterocycles. The van der Waals surface area contributed by atoms with E-state index in [1.54, 1.807) is 53.4 Å². The number of rotatable bonds is 6. The molecule has 1 aliphatic heterocycles. The Labute approximate surface area is 184 Å². The zero-order valence-corrected chi connectivity index (χ0v) is 17.4. The van der Waals surface area contributed by atoms with Crippen molar-refractivity contribution >= 4 is 23.3 Å². The largest absolute Gasteiger partial charge is 0.482 e. The molecule has 3 aromatic rings. The van der Waals surface area contributed by atoms with Crippen LogP contribution in [0.25, 0.3) is 0 Å². The number of carbonyl (C=O) groups is 3. The molecule has 1 aliphatic rings. The maximum atomic E-state index is 13.0. The molecule has 0 atom stereocenters. The Balaban J connectivity index is 1.51. The number of halogens is 1. The van der Waals surface area contributed by atoms with Gasteiger partial charge < -0.3 is 15.0 Å². The molecule has 0 unspecified atom stereocenters. The lowest BCUT2D eigenvalue weighted by molar-refractivity contribution is -0.121. The minimum atomic E-state index is -0.331. The fourth-order valence-electron chi connectivity index (χ4n) is 3.47. The van der Waals surface area contributed by atoms with Gasteiger partial charge in [0.1, 0.15) is 11.6 Å². The average molecular weight is 432 g/mol. The molecule has 0 fully saturated rings. The SMILES string of the molecule is CC(=O)c1ccc2c(c1)N(Cc1cccc(C(=O)NCc3ccc(F)cc3)c1)C(=O)CO2. The summed E-state index contributed by atoms with van der Waals surface area (Å²) < 4.78 is 18.5. The molecular formula is C25H21FN2O4. The molecule has 7 heteroatoms. The van der Waals surface area contributed by atoms with Crippen LogP contribution in [0.15, 0.2) is 66.7 Å². The Kier molecular flexibility index (Phi) is 5.98. The third-order valence-corrected chi connectivity index (χ3v) is 5.20. The molecule has 2 amide bonds. The summed E-state index contributed by atoms with van der Waals surface area (Å²) in [5.41, 5.74) is 3.01. The van der Waals surface area contributed by atoms with E-state index in [9.17, 15) is 18.8 Å². The van der Waals surface area contributed by atoms with Crippen molar-refractivity contribution in [1.82, 2.24) is 5.32 Å². The maximum absolute atomic E-state index is 13.0. The van der Waals surface area contributed by atoms with Crippen molar-refractivity contribution in [2.75, 3.05) is 11.5 Å². The number of hydrogen-bond donors (Lipinski definition) is 1. The van der Waals surface area contributed by atoms with Gasteiger partial charge in [-0.2, -0.15) is 0 Å². The van der Waals surface area contributed by atoms with E-state index in [1.807, 2.05) is 6.07 Å². The summed E-state index contributed by atoms with van der Waals surface area (Å²) in [5, 5.41) is 2.81. The number of fused-ring (bicyclic) bond motifs is 1. The van der Waals surface area contributed by atoms with Gasteiger partial charge in [-0.1, -0.05) is 24.3 Å². The Morgan fingerprint density at radius 2 is 1.78 bits per heavy atom. The molecule has 0 bridgehead atoms. The first-order valence-corrected chi connectivity index (χ1v) is 10.1. The van der Waals surface area contributed by atoms with E-state index in [4.69, 9.17) is 4.74 Å². The normalized spacial score (nSPS) is 12.7. The second-order valence-electron chi connectivity index (χ2n) is 7.52. The van der Waals surface area contributed by atoms with E-state index in [0.29, 0.717) is 22.6 Å². The van der Waals surface area contributed by atoms with Crippen LogP contribution in [-0.2, 0) is 17.9 Å². The van der Waals surface area contributed by atoms with Gasteiger partial charge in [0, 0.05) is 17.7 Å². The third kappa shape index (κ3) is 4.67. The predicted octanol–water partition coefficient (Wildman–Crippen LogP) is 3.88. The van der Waals surface area contributed by atoms with E-state index < -0.39 is 0 Å². The Morgan fingerprint density at radius 3 is 2.53 bits per heavy atom. The van der Waals surface area contributed by atoms with Crippen molar-refractivity contribution in [2.24, 2.45) is 0 Å². The second kappa shape index (κ2) is 9.01. The van der Waals surface area contributed by atoms with Crippen molar-refractivity contribution in [2.45, 2.75) is 20.0 Å². The summed E-state index contributed by atoms with van der Waals surface area (Å²) in [4.78, 5) is 38.5. The number of benzene rings is 3. The molecule has 0 aliphatic carbocycles. The van der Waals surface area contributed by atoms with Crippen LogP contribution in [0.3, 0.4) is 0 Å². The zero-order chi connectivity index (χ0) is 22.7. The van der Waals surface area contributed by atoms with Crippen molar-refractivity contribution in [3.8, 4) is 5.75 Å². The number of carbonyl (C=O) groups excluding carboxylic acids is 3. The van der Waals surface area contributed by atoms with Gasteiger partial charge in [0.25, 0.3) is 11.8 Å². The predicted molar refractivity (Wildman–Crippen MR) is 117 cm³/mol. The number of amides is 2. The second-order valence-corrected chi connectivity index (χ2v) is 7.52. The molecule has 1 N–H and O–H groups in total.